The molecule has 0 spiro atoms. The topological polar surface area (TPSA) is 70.1 Å². The molecule has 0 N–H and O–H groups in total. The summed E-state index contributed by atoms with van der Waals surface area (Å²) in [4.78, 5) is 19.3. The highest BCUT2D eigenvalue weighted by atomic mass is 32.1. The first-order valence-electron chi connectivity index (χ1n) is 10.3. The van der Waals surface area contributed by atoms with Gasteiger partial charge in [-0.1, -0.05) is 42.5 Å². The van der Waals surface area contributed by atoms with Crippen molar-refractivity contribution in [3.63, 3.8) is 0 Å². The van der Waals surface area contributed by atoms with Gasteiger partial charge in [0.05, 0.1) is 16.8 Å². The predicted octanol–water partition coefficient (Wildman–Crippen LogP) is 6.20. The van der Waals surface area contributed by atoms with E-state index < -0.39 is 5.63 Å². The van der Waals surface area contributed by atoms with Crippen LogP contribution in [-0.2, 0) is 0 Å². The second kappa shape index (κ2) is 8.38. The van der Waals surface area contributed by atoms with Crippen molar-refractivity contribution >= 4 is 50.4 Å². The first-order chi connectivity index (χ1) is 16.0. The highest BCUT2D eigenvalue weighted by molar-refractivity contribution is 7.11. The van der Waals surface area contributed by atoms with E-state index in [1.54, 1.807) is 11.5 Å². The summed E-state index contributed by atoms with van der Waals surface area (Å²) in [6, 6.07) is 23.7. The fraction of sp³-hybridized carbons (Fsp3) is 0.0741. The van der Waals surface area contributed by atoms with Crippen molar-refractivity contribution in [2.45, 2.75) is 0 Å². The molecule has 0 unspecified atom stereocenters. The number of allylic oxidation sites excluding steroid dienone is 1. The number of aromatic nitrogens is 1. The van der Waals surface area contributed by atoms with Crippen molar-refractivity contribution in [3.8, 4) is 17.3 Å². The molecule has 0 aliphatic heterocycles. The zero-order valence-corrected chi connectivity index (χ0v) is 18.9. The third kappa shape index (κ3) is 3.91. The Morgan fingerprint density at radius 1 is 1.06 bits per heavy atom. The molecule has 0 aliphatic rings. The first kappa shape index (κ1) is 20.7. The van der Waals surface area contributed by atoms with Gasteiger partial charge in [-0.3, -0.25) is 0 Å². The Kier molecular flexibility index (Phi) is 5.25. The van der Waals surface area contributed by atoms with E-state index in [0.717, 1.165) is 27.4 Å². The molecule has 5 aromatic rings. The molecule has 0 saturated carbocycles. The molecular weight excluding hydrogens is 430 g/mol. The Labute approximate surface area is 194 Å². The molecule has 0 saturated heterocycles. The average Bonchev–Trinajstić information content (AvgIpc) is 3.32. The van der Waals surface area contributed by atoms with E-state index in [1.165, 1.54) is 11.3 Å². The van der Waals surface area contributed by atoms with Gasteiger partial charge in [0.2, 0.25) is 0 Å². The van der Waals surface area contributed by atoms with Crippen LogP contribution in [0.15, 0.2) is 81.3 Å². The maximum atomic E-state index is 12.7. The van der Waals surface area contributed by atoms with Crippen molar-refractivity contribution in [3.05, 3.63) is 93.1 Å². The van der Waals surface area contributed by atoms with Crippen LogP contribution in [-0.4, -0.2) is 19.1 Å². The molecule has 2 heterocycles. The number of nitrogens with zero attached hydrogens (tertiary/aromatic N) is 3. The Morgan fingerprint density at radius 2 is 1.85 bits per heavy atom. The van der Waals surface area contributed by atoms with Crippen LogP contribution in [0.4, 0.5) is 5.69 Å². The molecule has 0 amide bonds. The molecule has 0 bridgehead atoms. The lowest BCUT2D eigenvalue weighted by molar-refractivity contribution is 0.563. The zero-order valence-electron chi connectivity index (χ0n) is 18.1. The van der Waals surface area contributed by atoms with Crippen LogP contribution >= 0.6 is 11.3 Å². The number of anilines is 1. The smallest absolute Gasteiger partial charge is 0.345 e. The number of nitriles is 1. The van der Waals surface area contributed by atoms with Crippen LogP contribution in [0.1, 0.15) is 10.6 Å². The average molecular weight is 450 g/mol. The van der Waals surface area contributed by atoms with E-state index in [2.05, 4.69) is 11.1 Å². The minimum absolute atomic E-state index is 0.383. The largest absolute Gasteiger partial charge is 0.422 e. The highest BCUT2D eigenvalue weighted by Crippen LogP contribution is 2.30. The number of benzene rings is 3. The third-order valence-electron chi connectivity index (χ3n) is 5.49. The van der Waals surface area contributed by atoms with E-state index in [4.69, 9.17) is 4.42 Å². The SMILES string of the molecule is CN(C)c1ccc(C=C(C#N)c2nc(-c3cc4c(ccc5ccccc54)oc3=O)cs2)cc1. The summed E-state index contributed by atoms with van der Waals surface area (Å²) in [5.74, 6) is 0. The lowest BCUT2D eigenvalue weighted by Gasteiger charge is -2.11. The number of hydrogen-bond donors (Lipinski definition) is 0. The van der Waals surface area contributed by atoms with Gasteiger partial charge in [-0.05, 0) is 46.7 Å². The van der Waals surface area contributed by atoms with Crippen LogP contribution < -0.4 is 10.5 Å². The summed E-state index contributed by atoms with van der Waals surface area (Å²) in [6.45, 7) is 0. The van der Waals surface area contributed by atoms with Crippen molar-refractivity contribution < 1.29 is 4.42 Å². The van der Waals surface area contributed by atoms with Gasteiger partial charge in [-0.15, -0.1) is 11.3 Å². The molecule has 0 radical (unpaired) electrons. The fourth-order valence-corrected chi connectivity index (χ4v) is 4.53. The normalized spacial score (nSPS) is 11.6. The van der Waals surface area contributed by atoms with Crippen LogP contribution in [0, 0.1) is 11.3 Å². The lowest BCUT2D eigenvalue weighted by atomic mass is 10.0. The maximum absolute atomic E-state index is 12.7. The number of hydrogen-bond acceptors (Lipinski definition) is 6. The van der Waals surface area contributed by atoms with Crippen LogP contribution in [0.5, 0.6) is 0 Å². The van der Waals surface area contributed by atoms with Gasteiger partial charge in [-0.2, -0.15) is 5.26 Å². The quantitative estimate of drug-likeness (QED) is 0.186. The van der Waals surface area contributed by atoms with Crippen LogP contribution in [0.2, 0.25) is 0 Å². The third-order valence-corrected chi connectivity index (χ3v) is 6.37. The molecule has 0 aliphatic carbocycles. The van der Waals surface area contributed by atoms with Gasteiger partial charge < -0.3 is 9.32 Å². The summed E-state index contributed by atoms with van der Waals surface area (Å²) in [6.07, 6.45) is 1.80. The summed E-state index contributed by atoms with van der Waals surface area (Å²) in [7, 11) is 3.96. The van der Waals surface area contributed by atoms with E-state index in [9.17, 15) is 10.1 Å². The van der Waals surface area contributed by atoms with Gasteiger partial charge in [0.1, 0.15) is 16.7 Å². The summed E-state index contributed by atoms with van der Waals surface area (Å²) in [5, 5.41) is 15.0. The van der Waals surface area contributed by atoms with E-state index in [0.29, 0.717) is 27.4 Å². The number of thiazole rings is 1. The minimum Gasteiger partial charge on any atom is -0.422 e. The first-order valence-corrected chi connectivity index (χ1v) is 11.2. The molecule has 5 rings (SSSR count). The molecule has 0 atom stereocenters. The van der Waals surface area contributed by atoms with Gasteiger partial charge in [0.25, 0.3) is 0 Å². The van der Waals surface area contributed by atoms with Crippen molar-refractivity contribution in [1.29, 1.82) is 5.26 Å². The van der Waals surface area contributed by atoms with Crippen molar-refractivity contribution in [2.75, 3.05) is 19.0 Å². The molecule has 160 valence electrons. The summed E-state index contributed by atoms with van der Waals surface area (Å²) in [5.41, 5.74) is 3.41. The summed E-state index contributed by atoms with van der Waals surface area (Å²) < 4.78 is 5.60. The van der Waals surface area contributed by atoms with Crippen molar-refractivity contribution in [1.82, 2.24) is 4.98 Å². The Morgan fingerprint density at radius 3 is 2.61 bits per heavy atom. The Bertz CT molecular complexity index is 1620. The van der Waals surface area contributed by atoms with E-state index >= 15 is 0 Å². The lowest BCUT2D eigenvalue weighted by Crippen LogP contribution is -2.07. The van der Waals surface area contributed by atoms with Gasteiger partial charge >= 0.3 is 5.63 Å². The fourth-order valence-electron chi connectivity index (χ4n) is 3.75. The molecule has 33 heavy (non-hydrogen) atoms. The zero-order chi connectivity index (χ0) is 22.9. The number of fused-ring (bicyclic) bond motifs is 3. The standard InChI is InChI=1S/C27H19N3O2S/c1-30(2)20-10-7-17(8-11-20)13-19(15-28)26-29-24(16-33-26)23-14-22-21-6-4-3-5-18(21)9-12-25(22)32-27(23)31/h3-14,16H,1-2H3. The highest BCUT2D eigenvalue weighted by Gasteiger charge is 2.15. The van der Waals surface area contributed by atoms with E-state index in [-0.39, 0.29) is 0 Å². The predicted molar refractivity (Wildman–Crippen MR) is 135 cm³/mol. The van der Waals surface area contributed by atoms with Gasteiger partial charge in [0.15, 0.2) is 0 Å². The summed E-state index contributed by atoms with van der Waals surface area (Å²) >= 11 is 1.33. The van der Waals surface area contributed by atoms with Crippen LogP contribution in [0.3, 0.4) is 0 Å². The molecule has 0 fully saturated rings. The second-order valence-corrected chi connectivity index (χ2v) is 8.70. The Hall–Kier alpha value is -4.21. The molecule has 2 aromatic heterocycles. The van der Waals surface area contributed by atoms with Crippen molar-refractivity contribution in [2.24, 2.45) is 0 Å². The van der Waals surface area contributed by atoms with Gasteiger partial charge in [0, 0.05) is 30.5 Å². The molecule has 5 nitrogen and oxygen atoms in total. The monoisotopic (exact) mass is 449 g/mol. The molecule has 6 heteroatoms. The minimum atomic E-state index is -0.448. The maximum Gasteiger partial charge on any atom is 0.345 e. The Balaban J connectivity index is 1.56. The van der Waals surface area contributed by atoms with E-state index in [1.807, 2.05) is 85.7 Å². The molecular formula is C27H19N3O2S. The molecule has 3 aromatic carbocycles. The van der Waals surface area contributed by atoms with Crippen LogP contribution in [0.25, 0.3) is 44.6 Å². The number of rotatable bonds is 4. The van der Waals surface area contributed by atoms with Gasteiger partial charge in [-0.25, -0.2) is 9.78 Å². The second-order valence-electron chi connectivity index (χ2n) is 7.84.